The van der Waals surface area contributed by atoms with Crippen molar-refractivity contribution in [1.82, 2.24) is 20.1 Å². The lowest BCUT2D eigenvalue weighted by Crippen LogP contribution is -2.42. The van der Waals surface area contributed by atoms with Gasteiger partial charge in [-0.05, 0) is 48.9 Å². The number of carbonyl (C=O) groups excluding carboxylic acids is 2. The third-order valence-electron chi connectivity index (χ3n) is 7.06. The van der Waals surface area contributed by atoms with Gasteiger partial charge in [0.25, 0.3) is 0 Å². The third-order valence-corrected chi connectivity index (χ3v) is 8.32. The zero-order chi connectivity index (χ0) is 29.1. The number of anilines is 1. The molecule has 0 spiro atoms. The van der Waals surface area contributed by atoms with Crippen LogP contribution in [0, 0.1) is 12.7 Å². The van der Waals surface area contributed by atoms with E-state index in [9.17, 15) is 14.0 Å². The first-order chi connectivity index (χ1) is 20.5. The highest BCUT2D eigenvalue weighted by atomic mass is 32.2. The lowest BCUT2D eigenvalue weighted by atomic mass is 9.99. The van der Waals surface area contributed by atoms with Gasteiger partial charge in [0.2, 0.25) is 11.8 Å². The minimum Gasteiger partial charge on any atom is -0.349 e. The van der Waals surface area contributed by atoms with Crippen LogP contribution in [-0.4, -0.2) is 38.9 Å². The quantitative estimate of drug-likeness (QED) is 0.262. The average molecular weight is 578 g/mol. The van der Waals surface area contributed by atoms with Gasteiger partial charge < -0.3 is 5.32 Å². The molecule has 5 aromatic rings. The van der Waals surface area contributed by atoms with E-state index in [0.29, 0.717) is 17.2 Å². The summed E-state index contributed by atoms with van der Waals surface area (Å²) < 4.78 is 16.3. The largest absolute Gasteiger partial charge is 0.349 e. The fourth-order valence-electron chi connectivity index (χ4n) is 5.02. The number of aromatic nitrogens is 3. The Hall–Kier alpha value is -4.76. The number of carbonyl (C=O) groups is 2. The molecule has 1 atom stereocenters. The number of halogens is 1. The maximum Gasteiger partial charge on any atom is 0.240 e. The number of nitrogens with one attached hydrogen (secondary N) is 1. The number of thioether (sulfide) groups is 1. The molecule has 0 aliphatic carbocycles. The molecule has 42 heavy (non-hydrogen) atoms. The fourth-order valence-corrected chi connectivity index (χ4v) is 6.21. The first-order valence-corrected chi connectivity index (χ1v) is 14.6. The highest BCUT2D eigenvalue weighted by Gasteiger charge is 2.37. The predicted molar refractivity (Wildman–Crippen MR) is 163 cm³/mol. The molecule has 1 aliphatic rings. The molecular weight excluding hydrogens is 549 g/mol. The predicted octanol–water partition coefficient (Wildman–Crippen LogP) is 5.87. The van der Waals surface area contributed by atoms with Crippen LogP contribution in [0.2, 0.25) is 0 Å². The molecule has 0 fully saturated rings. The molecule has 1 aliphatic heterocycles. The van der Waals surface area contributed by atoms with Crippen molar-refractivity contribution in [2.75, 3.05) is 17.2 Å². The number of rotatable bonds is 7. The van der Waals surface area contributed by atoms with Gasteiger partial charge in [-0.15, -0.1) is 11.8 Å². The van der Waals surface area contributed by atoms with Crippen LogP contribution in [0.4, 0.5) is 10.2 Å². The zero-order valence-electron chi connectivity index (χ0n) is 22.9. The SMILES string of the molecule is Cc1ccc(-n2nc(-c3ccccc3)c3c2N(CC(=O)NCc2ccccn2)C(=O)CSC3c2cccc(F)c2)cc1. The van der Waals surface area contributed by atoms with Crippen molar-refractivity contribution in [3.05, 3.63) is 131 Å². The number of aryl methyl sites for hydroxylation is 1. The molecule has 6 rings (SSSR count). The van der Waals surface area contributed by atoms with Crippen LogP contribution in [0.1, 0.15) is 27.6 Å². The second-order valence-electron chi connectivity index (χ2n) is 10.0. The van der Waals surface area contributed by atoms with Crippen LogP contribution in [-0.2, 0) is 16.1 Å². The molecule has 9 heteroatoms. The summed E-state index contributed by atoms with van der Waals surface area (Å²) in [7, 11) is 0. The van der Waals surface area contributed by atoms with Gasteiger partial charge in [-0.1, -0.05) is 66.2 Å². The van der Waals surface area contributed by atoms with Crippen LogP contribution < -0.4 is 10.2 Å². The van der Waals surface area contributed by atoms with Gasteiger partial charge in [-0.25, -0.2) is 9.07 Å². The van der Waals surface area contributed by atoms with Crippen molar-refractivity contribution < 1.29 is 14.0 Å². The topological polar surface area (TPSA) is 80.1 Å². The van der Waals surface area contributed by atoms with Gasteiger partial charge in [-0.3, -0.25) is 19.5 Å². The van der Waals surface area contributed by atoms with Crippen molar-refractivity contribution in [1.29, 1.82) is 0 Å². The van der Waals surface area contributed by atoms with Crippen molar-refractivity contribution in [2.45, 2.75) is 18.7 Å². The smallest absolute Gasteiger partial charge is 0.240 e. The second-order valence-corrected chi connectivity index (χ2v) is 11.1. The van der Waals surface area contributed by atoms with Crippen LogP contribution in [0.25, 0.3) is 16.9 Å². The highest BCUT2D eigenvalue weighted by molar-refractivity contribution is 8.00. The number of amides is 2. The molecule has 1 unspecified atom stereocenters. The van der Waals surface area contributed by atoms with Crippen LogP contribution >= 0.6 is 11.8 Å². The molecule has 3 heterocycles. The Morgan fingerprint density at radius 1 is 1.00 bits per heavy atom. The number of hydrogen-bond acceptors (Lipinski definition) is 5. The Kier molecular flexibility index (Phi) is 7.83. The van der Waals surface area contributed by atoms with E-state index in [1.807, 2.05) is 85.8 Å². The van der Waals surface area contributed by atoms with E-state index in [2.05, 4.69) is 10.3 Å². The molecule has 3 aromatic carbocycles. The molecule has 0 saturated carbocycles. The molecule has 2 aromatic heterocycles. The Morgan fingerprint density at radius 2 is 1.79 bits per heavy atom. The van der Waals surface area contributed by atoms with Gasteiger partial charge in [-0.2, -0.15) is 5.10 Å². The maximum atomic E-state index is 14.5. The summed E-state index contributed by atoms with van der Waals surface area (Å²) in [6.45, 7) is 2.03. The molecule has 0 bridgehead atoms. The molecule has 0 radical (unpaired) electrons. The average Bonchev–Trinajstić information content (AvgIpc) is 3.33. The fraction of sp³-hybridized carbons (Fsp3) is 0.152. The van der Waals surface area contributed by atoms with E-state index >= 15 is 0 Å². The summed E-state index contributed by atoms with van der Waals surface area (Å²) in [6, 6.07) is 29.5. The number of benzene rings is 3. The monoisotopic (exact) mass is 577 g/mol. The Morgan fingerprint density at radius 3 is 2.52 bits per heavy atom. The number of pyridine rings is 1. The third kappa shape index (κ3) is 5.69. The molecule has 7 nitrogen and oxygen atoms in total. The van der Waals surface area contributed by atoms with Gasteiger partial charge in [0.1, 0.15) is 18.2 Å². The van der Waals surface area contributed by atoms with E-state index in [1.54, 1.807) is 16.9 Å². The van der Waals surface area contributed by atoms with E-state index in [0.717, 1.165) is 27.9 Å². The highest BCUT2D eigenvalue weighted by Crippen LogP contribution is 2.48. The summed E-state index contributed by atoms with van der Waals surface area (Å²) in [4.78, 5) is 32.9. The van der Waals surface area contributed by atoms with Crippen LogP contribution in [0.3, 0.4) is 0 Å². The molecular formula is C33H28FN5O2S. The summed E-state index contributed by atoms with van der Waals surface area (Å²) in [5, 5.41) is 7.55. The maximum absolute atomic E-state index is 14.5. The summed E-state index contributed by atoms with van der Waals surface area (Å²) in [6.07, 6.45) is 1.67. The Balaban J connectivity index is 1.52. The van der Waals surface area contributed by atoms with Crippen molar-refractivity contribution in [3.63, 3.8) is 0 Å². The summed E-state index contributed by atoms with van der Waals surface area (Å²) in [5.41, 5.74) is 5.53. The van der Waals surface area contributed by atoms with Crippen molar-refractivity contribution in [2.24, 2.45) is 0 Å². The van der Waals surface area contributed by atoms with Gasteiger partial charge in [0, 0.05) is 17.3 Å². The number of nitrogens with zero attached hydrogens (tertiary/aromatic N) is 4. The number of fused-ring (bicyclic) bond motifs is 1. The van der Waals surface area contributed by atoms with Crippen LogP contribution in [0.15, 0.2) is 103 Å². The second kappa shape index (κ2) is 12.0. The van der Waals surface area contributed by atoms with Crippen molar-refractivity contribution >= 4 is 29.4 Å². The van der Waals surface area contributed by atoms with E-state index in [-0.39, 0.29) is 36.5 Å². The zero-order valence-corrected chi connectivity index (χ0v) is 23.7. The van der Waals surface area contributed by atoms with Crippen LogP contribution in [0.5, 0.6) is 0 Å². The minimum atomic E-state index is -0.407. The van der Waals surface area contributed by atoms with E-state index in [1.165, 1.54) is 28.8 Å². The van der Waals surface area contributed by atoms with Gasteiger partial charge in [0.15, 0.2) is 0 Å². The minimum absolute atomic E-state index is 0.103. The molecule has 210 valence electrons. The lowest BCUT2D eigenvalue weighted by molar-refractivity contribution is -0.123. The first kappa shape index (κ1) is 27.4. The molecule has 2 amide bonds. The summed E-state index contributed by atoms with van der Waals surface area (Å²) in [5.74, 6) is -0.322. The molecule has 0 saturated heterocycles. The van der Waals surface area contributed by atoms with Crippen molar-refractivity contribution in [3.8, 4) is 16.9 Å². The first-order valence-electron chi connectivity index (χ1n) is 13.6. The standard InChI is InChI=1S/C33H28FN5O2S/c1-22-13-15-27(16-14-22)39-33-30(31(37-39)23-8-3-2-4-9-23)32(24-10-7-11-25(34)18-24)42-21-29(41)38(33)20-28(40)36-19-26-12-5-6-17-35-26/h2-18,32H,19-21H2,1H3,(H,36,40). The number of hydrogen-bond donors (Lipinski definition) is 1. The Bertz CT molecular complexity index is 1730. The van der Waals surface area contributed by atoms with Gasteiger partial charge in [0.05, 0.1) is 34.6 Å². The van der Waals surface area contributed by atoms with Gasteiger partial charge >= 0.3 is 0 Å². The molecule has 1 N–H and O–H groups in total. The van der Waals surface area contributed by atoms with E-state index in [4.69, 9.17) is 5.10 Å². The lowest BCUT2D eigenvalue weighted by Gasteiger charge is -2.23. The summed E-state index contributed by atoms with van der Waals surface area (Å²) >= 11 is 1.40. The Labute approximate surface area is 247 Å². The van der Waals surface area contributed by atoms with E-state index < -0.39 is 5.25 Å². The normalized spacial score (nSPS) is 14.8.